The van der Waals surface area contributed by atoms with Gasteiger partial charge in [0.1, 0.15) is 17.4 Å². The predicted octanol–water partition coefficient (Wildman–Crippen LogP) is 4.53. The number of nitrogens with one attached hydrogen (secondary N) is 3. The van der Waals surface area contributed by atoms with Crippen molar-refractivity contribution in [1.29, 1.82) is 0 Å². The monoisotopic (exact) mass is 417 g/mol. The van der Waals surface area contributed by atoms with Gasteiger partial charge in [0.05, 0.1) is 11.3 Å². The largest absolute Gasteiger partial charge is 0.573 e. The summed E-state index contributed by atoms with van der Waals surface area (Å²) in [6.45, 7) is 1.91. The van der Waals surface area contributed by atoms with Crippen molar-refractivity contribution in [1.82, 2.24) is 15.3 Å². The highest BCUT2D eigenvalue weighted by molar-refractivity contribution is 6.00. The summed E-state index contributed by atoms with van der Waals surface area (Å²) in [7, 11) is 1.46. The Kier molecular flexibility index (Phi) is 6.05. The molecule has 0 spiro atoms. The maximum Gasteiger partial charge on any atom is 0.573 e. The molecule has 1 amide bonds. The summed E-state index contributed by atoms with van der Waals surface area (Å²) in [5, 5.41) is 8.46. The van der Waals surface area contributed by atoms with Crippen LogP contribution in [0.4, 0.5) is 36.2 Å². The molecule has 0 radical (unpaired) electrons. The SMILES string of the molecule is CNC(=O)c1cnc(Nc2ccc(C)cn2)cc1Nc1cccc(OC(F)(F)F)c1. The number of amides is 1. The first-order valence-corrected chi connectivity index (χ1v) is 8.78. The lowest BCUT2D eigenvalue weighted by atomic mass is 10.2. The lowest BCUT2D eigenvalue weighted by Gasteiger charge is -2.15. The van der Waals surface area contributed by atoms with Crippen molar-refractivity contribution in [2.45, 2.75) is 13.3 Å². The molecule has 1 aromatic carbocycles. The van der Waals surface area contributed by atoms with Crippen molar-refractivity contribution in [2.24, 2.45) is 0 Å². The number of pyridine rings is 2. The number of aryl methyl sites for hydroxylation is 1. The van der Waals surface area contributed by atoms with Gasteiger partial charge in [-0.1, -0.05) is 12.1 Å². The minimum absolute atomic E-state index is 0.210. The molecule has 0 unspecified atom stereocenters. The van der Waals surface area contributed by atoms with E-state index in [0.29, 0.717) is 23.0 Å². The van der Waals surface area contributed by atoms with Gasteiger partial charge in [-0.05, 0) is 30.7 Å². The molecule has 0 aliphatic carbocycles. The third-order valence-electron chi connectivity index (χ3n) is 3.89. The highest BCUT2D eigenvalue weighted by Crippen LogP contribution is 2.29. The molecule has 0 saturated carbocycles. The van der Waals surface area contributed by atoms with Crippen LogP contribution in [0, 0.1) is 6.92 Å². The van der Waals surface area contributed by atoms with E-state index in [0.717, 1.165) is 5.56 Å². The fourth-order valence-corrected chi connectivity index (χ4v) is 2.54. The number of hydrogen-bond acceptors (Lipinski definition) is 6. The maximum absolute atomic E-state index is 12.5. The van der Waals surface area contributed by atoms with Crippen LogP contribution in [0.1, 0.15) is 15.9 Å². The zero-order chi connectivity index (χ0) is 21.7. The van der Waals surface area contributed by atoms with E-state index in [1.54, 1.807) is 24.4 Å². The Morgan fingerprint density at radius 1 is 1.00 bits per heavy atom. The summed E-state index contributed by atoms with van der Waals surface area (Å²) in [6.07, 6.45) is -1.76. The molecule has 0 atom stereocenters. The Morgan fingerprint density at radius 3 is 2.43 bits per heavy atom. The van der Waals surface area contributed by atoms with E-state index in [1.165, 1.54) is 31.4 Å². The number of nitrogens with zero attached hydrogens (tertiary/aromatic N) is 2. The smallest absolute Gasteiger partial charge is 0.406 e. The minimum Gasteiger partial charge on any atom is -0.406 e. The van der Waals surface area contributed by atoms with Crippen LogP contribution >= 0.6 is 0 Å². The first-order valence-electron chi connectivity index (χ1n) is 8.78. The number of anilines is 4. The van der Waals surface area contributed by atoms with Gasteiger partial charge in [-0.2, -0.15) is 0 Å². The fourth-order valence-electron chi connectivity index (χ4n) is 2.54. The van der Waals surface area contributed by atoms with Crippen LogP contribution in [0.3, 0.4) is 0 Å². The van der Waals surface area contributed by atoms with Gasteiger partial charge in [0.15, 0.2) is 0 Å². The lowest BCUT2D eigenvalue weighted by molar-refractivity contribution is -0.274. The number of alkyl halides is 3. The van der Waals surface area contributed by atoms with Crippen molar-refractivity contribution in [2.75, 3.05) is 17.7 Å². The molecule has 0 bridgehead atoms. The van der Waals surface area contributed by atoms with Crippen LogP contribution in [-0.2, 0) is 0 Å². The van der Waals surface area contributed by atoms with Crippen molar-refractivity contribution >= 4 is 28.9 Å². The molecular weight excluding hydrogens is 399 g/mol. The van der Waals surface area contributed by atoms with E-state index in [9.17, 15) is 18.0 Å². The Bertz CT molecular complexity index is 1040. The zero-order valence-electron chi connectivity index (χ0n) is 16.0. The van der Waals surface area contributed by atoms with Crippen LogP contribution in [-0.4, -0.2) is 29.3 Å². The fraction of sp³-hybridized carbons (Fsp3) is 0.150. The Hall–Kier alpha value is -3.82. The van der Waals surface area contributed by atoms with Crippen molar-refractivity contribution in [3.8, 4) is 5.75 Å². The lowest BCUT2D eigenvalue weighted by Crippen LogP contribution is -2.19. The molecule has 156 valence electrons. The second-order valence-corrected chi connectivity index (χ2v) is 6.24. The predicted molar refractivity (Wildman–Crippen MR) is 106 cm³/mol. The molecule has 0 fully saturated rings. The van der Waals surface area contributed by atoms with E-state index < -0.39 is 12.3 Å². The van der Waals surface area contributed by atoms with Gasteiger partial charge in [0, 0.05) is 37.3 Å². The van der Waals surface area contributed by atoms with Crippen LogP contribution in [0.2, 0.25) is 0 Å². The first-order chi connectivity index (χ1) is 14.2. The number of carbonyl (C=O) groups excluding carboxylic acids is 1. The van der Waals surface area contributed by atoms with E-state index in [1.807, 2.05) is 13.0 Å². The number of benzene rings is 1. The summed E-state index contributed by atoms with van der Waals surface area (Å²) in [4.78, 5) is 20.6. The topological polar surface area (TPSA) is 88.2 Å². The number of aromatic nitrogens is 2. The van der Waals surface area contributed by atoms with Gasteiger partial charge in [-0.25, -0.2) is 9.97 Å². The van der Waals surface area contributed by atoms with Gasteiger partial charge in [0.2, 0.25) is 0 Å². The summed E-state index contributed by atoms with van der Waals surface area (Å²) in [6, 6.07) is 10.5. The van der Waals surface area contributed by atoms with E-state index in [-0.39, 0.29) is 11.3 Å². The van der Waals surface area contributed by atoms with Gasteiger partial charge < -0.3 is 20.7 Å². The van der Waals surface area contributed by atoms with E-state index in [4.69, 9.17) is 0 Å². The summed E-state index contributed by atoms with van der Waals surface area (Å²) < 4.78 is 41.4. The Balaban J connectivity index is 1.90. The quantitative estimate of drug-likeness (QED) is 0.546. The molecule has 7 nitrogen and oxygen atoms in total. The van der Waals surface area contributed by atoms with Crippen molar-refractivity contribution in [3.63, 3.8) is 0 Å². The van der Waals surface area contributed by atoms with Gasteiger partial charge in [-0.3, -0.25) is 4.79 Å². The second kappa shape index (κ2) is 8.68. The van der Waals surface area contributed by atoms with E-state index in [2.05, 4.69) is 30.7 Å². The molecule has 2 aromatic heterocycles. The first kappa shape index (κ1) is 20.9. The van der Waals surface area contributed by atoms with Gasteiger partial charge in [0.25, 0.3) is 5.91 Å². The van der Waals surface area contributed by atoms with E-state index >= 15 is 0 Å². The third-order valence-corrected chi connectivity index (χ3v) is 3.89. The molecular formula is C20H18F3N5O2. The Morgan fingerprint density at radius 2 is 1.77 bits per heavy atom. The average Bonchev–Trinajstić information content (AvgIpc) is 2.68. The summed E-state index contributed by atoms with van der Waals surface area (Å²) in [5.74, 6) is 0.148. The molecule has 0 aliphatic rings. The maximum atomic E-state index is 12.5. The highest BCUT2D eigenvalue weighted by Gasteiger charge is 2.31. The number of ether oxygens (including phenoxy) is 1. The number of hydrogen-bond donors (Lipinski definition) is 3. The standard InChI is InChI=1S/C20H18F3N5O2/c1-12-6-7-17(25-10-12)28-18-9-16(15(11-26-18)19(29)24-2)27-13-4-3-5-14(8-13)30-20(21,22)23/h3-11H,1-2H3,(H,24,29)(H2,25,26,27,28). The van der Waals surface area contributed by atoms with Crippen LogP contribution in [0.5, 0.6) is 5.75 Å². The minimum atomic E-state index is -4.80. The number of halogens is 3. The summed E-state index contributed by atoms with van der Waals surface area (Å²) >= 11 is 0. The Labute approximate surface area is 170 Å². The molecule has 10 heteroatoms. The molecule has 3 rings (SSSR count). The zero-order valence-corrected chi connectivity index (χ0v) is 16.0. The molecule has 2 heterocycles. The van der Waals surface area contributed by atoms with Crippen molar-refractivity contribution < 1.29 is 22.7 Å². The molecule has 3 aromatic rings. The summed E-state index contributed by atoms with van der Waals surface area (Å²) in [5.41, 5.74) is 1.84. The molecule has 0 aliphatic heterocycles. The average molecular weight is 417 g/mol. The van der Waals surface area contributed by atoms with Gasteiger partial charge >= 0.3 is 6.36 Å². The number of rotatable bonds is 6. The molecule has 0 saturated heterocycles. The molecule has 30 heavy (non-hydrogen) atoms. The van der Waals surface area contributed by atoms with Crippen LogP contribution in [0.25, 0.3) is 0 Å². The highest BCUT2D eigenvalue weighted by atomic mass is 19.4. The molecule has 3 N–H and O–H groups in total. The third kappa shape index (κ3) is 5.60. The second-order valence-electron chi connectivity index (χ2n) is 6.24. The van der Waals surface area contributed by atoms with Crippen molar-refractivity contribution in [3.05, 3.63) is 66.0 Å². The number of carbonyl (C=O) groups is 1. The van der Waals surface area contributed by atoms with Gasteiger partial charge in [-0.15, -0.1) is 13.2 Å². The van der Waals surface area contributed by atoms with Crippen LogP contribution < -0.4 is 20.7 Å². The van der Waals surface area contributed by atoms with Crippen LogP contribution in [0.15, 0.2) is 54.9 Å². The normalized spacial score (nSPS) is 11.0.